The van der Waals surface area contributed by atoms with Crippen LogP contribution >= 0.6 is 0 Å². The number of anilines is 1. The topological polar surface area (TPSA) is 98.9 Å². The highest BCUT2D eigenvalue weighted by atomic mass is 16.1. The second-order valence-electron chi connectivity index (χ2n) is 4.72. The van der Waals surface area contributed by atoms with Crippen molar-refractivity contribution in [3.8, 4) is 12.1 Å². The van der Waals surface area contributed by atoms with Gasteiger partial charge in [-0.2, -0.15) is 15.6 Å². The number of aromatic nitrogens is 2. The zero-order valence-electron chi connectivity index (χ0n) is 12.7. The van der Waals surface area contributed by atoms with Crippen molar-refractivity contribution in [2.45, 2.75) is 33.9 Å². The zero-order chi connectivity index (χ0) is 16.3. The number of nitriles is 2. The maximum absolute atomic E-state index is 12.3. The van der Waals surface area contributed by atoms with Crippen molar-refractivity contribution in [3.63, 3.8) is 0 Å². The molecule has 0 unspecified atom stereocenters. The average molecular weight is 296 g/mol. The average Bonchev–Trinajstić information content (AvgIpc) is 2.78. The van der Waals surface area contributed by atoms with Crippen molar-refractivity contribution in [2.75, 3.05) is 5.43 Å². The standard InChI is InChI=1S/C15H16N6O/c1-4-20-13-6-10(3)12(19-18-11(8-16)9-17)7-14(13)21(5-2)15(20)22/h6-7,19H,4-5H2,1-3H3. The predicted octanol–water partition coefficient (Wildman–Crippen LogP) is 1.97. The first-order valence-corrected chi connectivity index (χ1v) is 6.94. The van der Waals surface area contributed by atoms with Crippen LogP contribution in [0.1, 0.15) is 19.4 Å². The lowest BCUT2D eigenvalue weighted by molar-refractivity contribution is 0.671. The summed E-state index contributed by atoms with van der Waals surface area (Å²) in [6, 6.07) is 7.10. The molecule has 0 aliphatic carbocycles. The highest BCUT2D eigenvalue weighted by Crippen LogP contribution is 2.23. The van der Waals surface area contributed by atoms with Gasteiger partial charge in [0.1, 0.15) is 12.1 Å². The number of imidazole rings is 1. The number of hydrogen-bond acceptors (Lipinski definition) is 5. The monoisotopic (exact) mass is 296 g/mol. The highest BCUT2D eigenvalue weighted by molar-refractivity contribution is 6.10. The molecule has 0 spiro atoms. The second-order valence-corrected chi connectivity index (χ2v) is 4.72. The SMILES string of the molecule is CCn1c(=O)n(CC)c2cc(NN=C(C#N)C#N)c(C)cc21. The molecule has 112 valence electrons. The fraction of sp³-hybridized carbons (Fsp3) is 0.333. The van der Waals surface area contributed by atoms with Gasteiger partial charge in [0.05, 0.1) is 16.7 Å². The van der Waals surface area contributed by atoms with Gasteiger partial charge >= 0.3 is 5.69 Å². The van der Waals surface area contributed by atoms with Crippen LogP contribution < -0.4 is 11.1 Å². The van der Waals surface area contributed by atoms with Crippen LogP contribution in [-0.4, -0.2) is 14.8 Å². The molecule has 0 aliphatic heterocycles. The Hall–Kier alpha value is -3.06. The van der Waals surface area contributed by atoms with Crippen LogP contribution in [0.2, 0.25) is 0 Å². The van der Waals surface area contributed by atoms with Gasteiger partial charge in [0, 0.05) is 13.1 Å². The molecule has 1 aromatic heterocycles. The first-order chi connectivity index (χ1) is 10.6. The summed E-state index contributed by atoms with van der Waals surface area (Å²) in [5, 5.41) is 21.2. The molecule has 0 radical (unpaired) electrons. The van der Waals surface area contributed by atoms with Crippen LogP contribution in [0.3, 0.4) is 0 Å². The van der Waals surface area contributed by atoms with E-state index in [1.807, 2.05) is 32.9 Å². The fourth-order valence-corrected chi connectivity index (χ4v) is 2.39. The summed E-state index contributed by atoms with van der Waals surface area (Å²) < 4.78 is 3.40. The van der Waals surface area contributed by atoms with E-state index in [9.17, 15) is 4.79 Å². The van der Waals surface area contributed by atoms with Gasteiger partial charge in [0.15, 0.2) is 0 Å². The van der Waals surface area contributed by atoms with Crippen LogP contribution in [0.25, 0.3) is 11.0 Å². The maximum Gasteiger partial charge on any atom is 0.329 e. The molecular weight excluding hydrogens is 280 g/mol. The lowest BCUT2D eigenvalue weighted by atomic mass is 10.1. The molecule has 0 saturated heterocycles. The molecule has 2 aromatic rings. The number of nitrogens with zero attached hydrogens (tertiary/aromatic N) is 5. The number of hydrazone groups is 1. The van der Waals surface area contributed by atoms with E-state index in [-0.39, 0.29) is 11.4 Å². The second kappa shape index (κ2) is 6.15. The van der Waals surface area contributed by atoms with E-state index >= 15 is 0 Å². The summed E-state index contributed by atoms with van der Waals surface area (Å²) in [6.07, 6.45) is 0. The summed E-state index contributed by atoms with van der Waals surface area (Å²) in [7, 11) is 0. The van der Waals surface area contributed by atoms with Crippen LogP contribution in [-0.2, 0) is 13.1 Å². The molecule has 0 bridgehead atoms. The lowest BCUT2D eigenvalue weighted by Crippen LogP contribution is -2.23. The maximum atomic E-state index is 12.3. The van der Waals surface area contributed by atoms with Gasteiger partial charge in [-0.25, -0.2) is 4.79 Å². The molecule has 7 nitrogen and oxygen atoms in total. The van der Waals surface area contributed by atoms with Crippen molar-refractivity contribution in [3.05, 3.63) is 28.2 Å². The van der Waals surface area contributed by atoms with Gasteiger partial charge in [0.25, 0.3) is 0 Å². The van der Waals surface area contributed by atoms with E-state index in [2.05, 4.69) is 10.5 Å². The third kappa shape index (κ3) is 2.45. The number of rotatable bonds is 4. The molecule has 22 heavy (non-hydrogen) atoms. The van der Waals surface area contributed by atoms with E-state index in [0.29, 0.717) is 18.8 Å². The van der Waals surface area contributed by atoms with Gasteiger partial charge < -0.3 is 0 Å². The Morgan fingerprint density at radius 3 is 2.23 bits per heavy atom. The number of benzene rings is 1. The van der Waals surface area contributed by atoms with Crippen LogP contribution in [0.5, 0.6) is 0 Å². The summed E-state index contributed by atoms with van der Waals surface area (Å²) in [6.45, 7) is 6.88. The van der Waals surface area contributed by atoms with E-state index in [1.54, 1.807) is 21.3 Å². The van der Waals surface area contributed by atoms with Crippen molar-refractivity contribution >= 4 is 22.4 Å². The van der Waals surface area contributed by atoms with Gasteiger partial charge in [-0.3, -0.25) is 14.6 Å². The van der Waals surface area contributed by atoms with Gasteiger partial charge in [0.2, 0.25) is 5.71 Å². The molecule has 0 saturated carbocycles. The minimum absolute atomic E-state index is 0.0465. The number of nitrogens with one attached hydrogen (secondary N) is 1. The first-order valence-electron chi connectivity index (χ1n) is 6.94. The Kier molecular flexibility index (Phi) is 4.28. The minimum atomic E-state index is -0.251. The van der Waals surface area contributed by atoms with Crippen molar-refractivity contribution < 1.29 is 0 Å². The summed E-state index contributed by atoms with van der Waals surface area (Å²) in [5.74, 6) is 0. The van der Waals surface area contributed by atoms with Crippen LogP contribution in [0.4, 0.5) is 5.69 Å². The molecule has 1 heterocycles. The third-order valence-corrected chi connectivity index (χ3v) is 3.50. The zero-order valence-corrected chi connectivity index (χ0v) is 12.7. The van der Waals surface area contributed by atoms with E-state index in [1.165, 1.54) is 0 Å². The molecule has 7 heteroatoms. The summed E-state index contributed by atoms with van der Waals surface area (Å²) in [4.78, 5) is 12.3. The normalized spacial score (nSPS) is 10.0. The predicted molar refractivity (Wildman–Crippen MR) is 84.6 cm³/mol. The van der Waals surface area contributed by atoms with Gasteiger partial charge in [-0.15, -0.1) is 0 Å². The Labute approximate surface area is 127 Å². The van der Waals surface area contributed by atoms with Gasteiger partial charge in [-0.05, 0) is 38.5 Å². The van der Waals surface area contributed by atoms with Crippen molar-refractivity contribution in [1.82, 2.24) is 9.13 Å². The van der Waals surface area contributed by atoms with Crippen LogP contribution in [0.15, 0.2) is 22.0 Å². The first kappa shape index (κ1) is 15.3. The molecule has 1 aromatic carbocycles. The smallest absolute Gasteiger partial charge is 0.292 e. The number of hydrogen-bond donors (Lipinski definition) is 1. The lowest BCUT2D eigenvalue weighted by Gasteiger charge is -2.07. The van der Waals surface area contributed by atoms with Gasteiger partial charge in [-0.1, -0.05) is 0 Å². The molecule has 0 amide bonds. The number of fused-ring (bicyclic) bond motifs is 1. The van der Waals surface area contributed by atoms with E-state index < -0.39 is 0 Å². The molecule has 0 fully saturated rings. The molecule has 2 rings (SSSR count). The quantitative estimate of drug-likeness (QED) is 0.688. The Balaban J connectivity index is 2.63. The minimum Gasteiger partial charge on any atom is -0.292 e. The third-order valence-electron chi connectivity index (χ3n) is 3.50. The summed E-state index contributed by atoms with van der Waals surface area (Å²) >= 11 is 0. The molecular formula is C15H16N6O. The van der Waals surface area contributed by atoms with Crippen LogP contribution in [0, 0.1) is 29.6 Å². The van der Waals surface area contributed by atoms with Crippen molar-refractivity contribution in [2.24, 2.45) is 5.10 Å². The highest BCUT2D eigenvalue weighted by Gasteiger charge is 2.13. The van der Waals surface area contributed by atoms with E-state index in [0.717, 1.165) is 16.6 Å². The van der Waals surface area contributed by atoms with E-state index in [4.69, 9.17) is 10.5 Å². The Bertz CT molecular complexity index is 872. The summed E-state index contributed by atoms with van der Waals surface area (Å²) in [5.41, 5.74) is 5.62. The largest absolute Gasteiger partial charge is 0.329 e. The Morgan fingerprint density at radius 2 is 1.73 bits per heavy atom. The van der Waals surface area contributed by atoms with Crippen molar-refractivity contribution in [1.29, 1.82) is 10.5 Å². The molecule has 0 aliphatic rings. The molecule has 1 N–H and O–H groups in total. The number of aryl methyl sites for hydroxylation is 3. The fourth-order valence-electron chi connectivity index (χ4n) is 2.39. The molecule has 0 atom stereocenters. The Morgan fingerprint density at radius 1 is 1.18 bits per heavy atom.